The predicted octanol–water partition coefficient (Wildman–Crippen LogP) is 2.26. The monoisotopic (exact) mass is 301 g/mol. The lowest BCUT2D eigenvalue weighted by Crippen LogP contribution is -2.34. The molecule has 1 aromatic rings. The van der Waals surface area contributed by atoms with Crippen LogP contribution in [-0.2, 0) is 16.0 Å². The molecule has 2 heterocycles. The predicted molar refractivity (Wildman–Crippen MR) is 79.1 cm³/mol. The summed E-state index contributed by atoms with van der Waals surface area (Å²) in [6.45, 7) is 6.05. The number of halogens is 1. The fourth-order valence-electron chi connectivity index (χ4n) is 2.79. The minimum Gasteiger partial charge on any atom is -0.383 e. The van der Waals surface area contributed by atoms with Gasteiger partial charge in [0.1, 0.15) is 0 Å². The van der Waals surface area contributed by atoms with Gasteiger partial charge in [0.15, 0.2) is 0 Å². The molecule has 0 bridgehead atoms. The summed E-state index contributed by atoms with van der Waals surface area (Å²) in [4.78, 5) is 0. The molecular weight excluding hydrogens is 278 g/mol. The van der Waals surface area contributed by atoms with Gasteiger partial charge in [0.05, 0.1) is 36.1 Å². The standard InChI is InChI=1S/C14H24ClN3O2/c1-3-16-13(11-4-7-20-8-5-11)14-12(15)10-17-18(14)6-9-19-2/h10-11,13,16H,3-9H2,1-2H3. The Kier molecular flexibility index (Phi) is 6.29. The van der Waals surface area contributed by atoms with E-state index in [0.717, 1.165) is 49.9 Å². The molecule has 0 amide bonds. The van der Waals surface area contributed by atoms with Crippen LogP contribution >= 0.6 is 11.6 Å². The van der Waals surface area contributed by atoms with Gasteiger partial charge in [-0.2, -0.15) is 5.10 Å². The Labute approximate surface area is 125 Å². The van der Waals surface area contributed by atoms with Gasteiger partial charge in [0.25, 0.3) is 0 Å². The smallest absolute Gasteiger partial charge is 0.0834 e. The summed E-state index contributed by atoms with van der Waals surface area (Å²) in [7, 11) is 1.70. The molecule has 1 aliphatic heterocycles. The van der Waals surface area contributed by atoms with E-state index in [4.69, 9.17) is 21.1 Å². The minimum atomic E-state index is 0.232. The SMILES string of the molecule is CCNC(c1c(Cl)cnn1CCOC)C1CCOCC1. The Balaban J connectivity index is 2.20. The van der Waals surface area contributed by atoms with Crippen molar-refractivity contribution < 1.29 is 9.47 Å². The van der Waals surface area contributed by atoms with Crippen LogP contribution in [0.3, 0.4) is 0 Å². The number of hydrogen-bond donors (Lipinski definition) is 1. The molecule has 1 unspecified atom stereocenters. The molecule has 0 spiro atoms. The molecule has 6 heteroatoms. The van der Waals surface area contributed by atoms with Gasteiger partial charge in [-0.05, 0) is 25.3 Å². The second kappa shape index (κ2) is 7.98. The Morgan fingerprint density at radius 3 is 2.95 bits per heavy atom. The van der Waals surface area contributed by atoms with Crippen LogP contribution in [0.5, 0.6) is 0 Å². The summed E-state index contributed by atoms with van der Waals surface area (Å²) < 4.78 is 12.6. The van der Waals surface area contributed by atoms with Crippen molar-refractivity contribution in [1.29, 1.82) is 0 Å². The van der Waals surface area contributed by atoms with Gasteiger partial charge < -0.3 is 14.8 Å². The second-order valence-corrected chi connectivity index (χ2v) is 5.49. The average molecular weight is 302 g/mol. The largest absolute Gasteiger partial charge is 0.383 e. The fourth-order valence-corrected chi connectivity index (χ4v) is 3.05. The van der Waals surface area contributed by atoms with E-state index in [1.54, 1.807) is 13.3 Å². The van der Waals surface area contributed by atoms with Crippen LogP contribution in [0.2, 0.25) is 5.02 Å². The molecule has 1 aromatic heterocycles. The molecule has 1 atom stereocenters. The van der Waals surface area contributed by atoms with Crippen LogP contribution in [0.25, 0.3) is 0 Å². The third kappa shape index (κ3) is 3.73. The van der Waals surface area contributed by atoms with Crippen molar-refractivity contribution in [2.75, 3.05) is 33.5 Å². The topological polar surface area (TPSA) is 48.3 Å². The lowest BCUT2D eigenvalue weighted by atomic mass is 9.89. The molecule has 0 radical (unpaired) electrons. The second-order valence-electron chi connectivity index (χ2n) is 5.08. The van der Waals surface area contributed by atoms with E-state index in [9.17, 15) is 0 Å². The van der Waals surface area contributed by atoms with Gasteiger partial charge in [0, 0.05) is 20.3 Å². The summed E-state index contributed by atoms with van der Waals surface area (Å²) in [6, 6.07) is 0.232. The highest BCUT2D eigenvalue weighted by atomic mass is 35.5. The Hall–Kier alpha value is -0.620. The molecule has 5 nitrogen and oxygen atoms in total. The molecule has 114 valence electrons. The molecule has 1 fully saturated rings. The van der Waals surface area contributed by atoms with Crippen molar-refractivity contribution in [1.82, 2.24) is 15.1 Å². The van der Waals surface area contributed by atoms with E-state index in [2.05, 4.69) is 17.3 Å². The highest BCUT2D eigenvalue weighted by molar-refractivity contribution is 6.31. The normalized spacial score (nSPS) is 18.4. The van der Waals surface area contributed by atoms with Crippen molar-refractivity contribution in [3.05, 3.63) is 16.9 Å². The maximum atomic E-state index is 6.38. The molecular formula is C14H24ClN3O2. The zero-order chi connectivity index (χ0) is 14.4. The van der Waals surface area contributed by atoms with E-state index >= 15 is 0 Å². The highest BCUT2D eigenvalue weighted by Crippen LogP contribution is 2.33. The molecule has 1 saturated heterocycles. The number of hydrogen-bond acceptors (Lipinski definition) is 4. The third-order valence-corrected chi connectivity index (χ3v) is 4.09. The summed E-state index contributed by atoms with van der Waals surface area (Å²) >= 11 is 6.38. The number of ether oxygens (including phenoxy) is 2. The lowest BCUT2D eigenvalue weighted by molar-refractivity contribution is 0.0524. The van der Waals surface area contributed by atoms with Crippen LogP contribution in [0.1, 0.15) is 31.5 Å². The summed E-state index contributed by atoms with van der Waals surface area (Å²) in [5.74, 6) is 0.541. The minimum absolute atomic E-state index is 0.232. The van der Waals surface area contributed by atoms with Gasteiger partial charge in [0.2, 0.25) is 0 Å². The Morgan fingerprint density at radius 2 is 2.30 bits per heavy atom. The van der Waals surface area contributed by atoms with Crippen molar-refractivity contribution in [2.24, 2.45) is 5.92 Å². The van der Waals surface area contributed by atoms with Crippen LogP contribution < -0.4 is 5.32 Å². The van der Waals surface area contributed by atoms with Crippen LogP contribution in [0.15, 0.2) is 6.20 Å². The first kappa shape index (κ1) is 15.8. The van der Waals surface area contributed by atoms with Gasteiger partial charge in [-0.15, -0.1) is 0 Å². The summed E-state index contributed by atoms with van der Waals surface area (Å²) in [5, 5.41) is 8.69. The first-order chi connectivity index (χ1) is 9.77. The molecule has 0 aliphatic carbocycles. The highest BCUT2D eigenvalue weighted by Gasteiger charge is 2.29. The number of nitrogens with one attached hydrogen (secondary N) is 1. The van der Waals surface area contributed by atoms with Gasteiger partial charge in [-0.3, -0.25) is 4.68 Å². The zero-order valence-electron chi connectivity index (χ0n) is 12.3. The molecule has 1 N–H and O–H groups in total. The van der Waals surface area contributed by atoms with Crippen LogP contribution in [0.4, 0.5) is 0 Å². The molecule has 1 aliphatic rings. The van der Waals surface area contributed by atoms with Gasteiger partial charge in [-0.25, -0.2) is 0 Å². The van der Waals surface area contributed by atoms with Crippen molar-refractivity contribution in [2.45, 2.75) is 32.4 Å². The van der Waals surface area contributed by atoms with Crippen molar-refractivity contribution >= 4 is 11.6 Å². The number of methoxy groups -OCH3 is 1. The van der Waals surface area contributed by atoms with E-state index < -0.39 is 0 Å². The van der Waals surface area contributed by atoms with E-state index in [-0.39, 0.29) is 6.04 Å². The van der Waals surface area contributed by atoms with Crippen molar-refractivity contribution in [3.8, 4) is 0 Å². The third-order valence-electron chi connectivity index (χ3n) is 3.80. The molecule has 0 saturated carbocycles. The van der Waals surface area contributed by atoms with Gasteiger partial charge in [-0.1, -0.05) is 18.5 Å². The average Bonchev–Trinajstić information content (AvgIpc) is 2.84. The van der Waals surface area contributed by atoms with Crippen molar-refractivity contribution in [3.63, 3.8) is 0 Å². The number of rotatable bonds is 7. The molecule has 2 rings (SSSR count). The summed E-state index contributed by atoms with van der Waals surface area (Å²) in [5.41, 5.74) is 1.08. The summed E-state index contributed by atoms with van der Waals surface area (Å²) in [6.07, 6.45) is 3.85. The van der Waals surface area contributed by atoms with E-state index in [1.165, 1.54) is 0 Å². The van der Waals surface area contributed by atoms with Crippen LogP contribution in [-0.4, -0.2) is 43.3 Å². The Morgan fingerprint density at radius 1 is 1.55 bits per heavy atom. The lowest BCUT2D eigenvalue weighted by Gasteiger charge is -2.31. The first-order valence-corrected chi connectivity index (χ1v) is 7.67. The quantitative estimate of drug-likeness (QED) is 0.839. The number of nitrogens with zero attached hydrogens (tertiary/aromatic N) is 2. The zero-order valence-corrected chi connectivity index (χ0v) is 13.0. The maximum absolute atomic E-state index is 6.38. The van der Waals surface area contributed by atoms with E-state index in [1.807, 2.05) is 4.68 Å². The fraction of sp³-hybridized carbons (Fsp3) is 0.786. The van der Waals surface area contributed by atoms with Crippen LogP contribution in [0, 0.1) is 5.92 Å². The van der Waals surface area contributed by atoms with E-state index in [0.29, 0.717) is 12.5 Å². The van der Waals surface area contributed by atoms with Gasteiger partial charge >= 0.3 is 0 Å². The first-order valence-electron chi connectivity index (χ1n) is 7.29. The maximum Gasteiger partial charge on any atom is 0.0834 e. The number of aromatic nitrogens is 2. The Bertz CT molecular complexity index is 405. The molecule has 20 heavy (non-hydrogen) atoms. The molecule has 0 aromatic carbocycles.